The second-order valence-corrected chi connectivity index (χ2v) is 8.43. The first-order chi connectivity index (χ1) is 11.4. The van der Waals surface area contributed by atoms with E-state index in [1.807, 2.05) is 6.92 Å². The van der Waals surface area contributed by atoms with Gasteiger partial charge in [0, 0.05) is 31.2 Å². The summed E-state index contributed by atoms with van der Waals surface area (Å²) in [7, 11) is -2.28. The minimum Gasteiger partial charge on any atom is -0.337 e. The van der Waals surface area contributed by atoms with E-state index in [9.17, 15) is 13.2 Å². The predicted molar refractivity (Wildman–Crippen MR) is 102 cm³/mol. The van der Waals surface area contributed by atoms with Gasteiger partial charge in [0.15, 0.2) is 0 Å². The highest BCUT2D eigenvalue weighted by atomic mass is 35.5. The first-order valence-electron chi connectivity index (χ1n) is 8.08. The maximum Gasteiger partial charge on any atom is 0.243 e. The Morgan fingerprint density at radius 3 is 2.48 bits per heavy atom. The molecule has 2 rings (SSSR count). The molecule has 1 N–H and O–H groups in total. The van der Waals surface area contributed by atoms with Crippen LogP contribution in [0.3, 0.4) is 0 Å². The van der Waals surface area contributed by atoms with Gasteiger partial charge in [0.2, 0.25) is 15.9 Å². The maximum atomic E-state index is 12.6. The Morgan fingerprint density at radius 1 is 1.32 bits per heavy atom. The van der Waals surface area contributed by atoms with Crippen molar-refractivity contribution < 1.29 is 13.2 Å². The molecule has 1 aromatic rings. The highest BCUT2D eigenvalue weighted by Crippen LogP contribution is 2.18. The molecule has 0 bridgehead atoms. The van der Waals surface area contributed by atoms with Crippen molar-refractivity contribution in [1.29, 1.82) is 0 Å². The van der Waals surface area contributed by atoms with Gasteiger partial charge in [0.05, 0.1) is 11.4 Å². The Kier molecular flexibility index (Phi) is 8.63. The Labute approximate surface area is 161 Å². The van der Waals surface area contributed by atoms with E-state index in [4.69, 9.17) is 11.6 Å². The number of hydrogen-bond acceptors (Lipinski definition) is 4. The maximum absolute atomic E-state index is 12.6. The molecule has 1 amide bonds. The standard InChI is InChI=1S/C16H24ClN3O3S.ClH/c1-3-10-20(14-8-9-18-11-14)16(21)12-19(2)24(22,23)15-6-4-13(17)5-7-15;/h4-7,14,18H,3,8-12H2,1-2H3;1H. The van der Waals surface area contributed by atoms with Crippen molar-refractivity contribution in [3.63, 3.8) is 0 Å². The highest BCUT2D eigenvalue weighted by Gasteiger charge is 2.29. The number of carbonyl (C=O) groups is 1. The van der Waals surface area contributed by atoms with Gasteiger partial charge in [-0.15, -0.1) is 12.4 Å². The van der Waals surface area contributed by atoms with Gasteiger partial charge in [0.25, 0.3) is 0 Å². The third-order valence-electron chi connectivity index (χ3n) is 4.14. The lowest BCUT2D eigenvalue weighted by atomic mass is 10.2. The predicted octanol–water partition coefficient (Wildman–Crippen LogP) is 1.98. The van der Waals surface area contributed by atoms with Gasteiger partial charge in [-0.05, 0) is 43.7 Å². The molecule has 1 aromatic carbocycles. The van der Waals surface area contributed by atoms with Crippen LogP contribution in [0.15, 0.2) is 29.2 Å². The van der Waals surface area contributed by atoms with Gasteiger partial charge in [0.1, 0.15) is 0 Å². The number of hydrogen-bond donors (Lipinski definition) is 1. The molecule has 1 fully saturated rings. The molecule has 0 radical (unpaired) electrons. The third kappa shape index (κ3) is 5.56. The van der Waals surface area contributed by atoms with Crippen LogP contribution in [0.5, 0.6) is 0 Å². The molecule has 9 heteroatoms. The van der Waals surface area contributed by atoms with Crippen LogP contribution in [0.4, 0.5) is 0 Å². The van der Waals surface area contributed by atoms with Crippen molar-refractivity contribution in [3.8, 4) is 0 Å². The Balaban J connectivity index is 0.00000312. The number of benzene rings is 1. The molecule has 25 heavy (non-hydrogen) atoms. The van der Waals surface area contributed by atoms with Crippen LogP contribution < -0.4 is 5.32 Å². The van der Waals surface area contributed by atoms with E-state index < -0.39 is 10.0 Å². The summed E-state index contributed by atoms with van der Waals surface area (Å²) in [5.74, 6) is -0.161. The fourth-order valence-corrected chi connectivity index (χ4v) is 4.06. The van der Waals surface area contributed by atoms with Crippen LogP contribution in [-0.2, 0) is 14.8 Å². The van der Waals surface area contributed by atoms with Gasteiger partial charge in [-0.2, -0.15) is 4.31 Å². The van der Waals surface area contributed by atoms with Crippen molar-refractivity contribution in [3.05, 3.63) is 29.3 Å². The number of rotatable bonds is 7. The molecule has 142 valence electrons. The molecule has 0 saturated carbocycles. The number of amides is 1. The quantitative estimate of drug-likeness (QED) is 0.747. The highest BCUT2D eigenvalue weighted by molar-refractivity contribution is 7.89. The van der Waals surface area contributed by atoms with Crippen molar-refractivity contribution in [2.75, 3.05) is 33.2 Å². The van der Waals surface area contributed by atoms with Crippen LogP contribution in [-0.4, -0.2) is 62.8 Å². The Bertz CT molecular complexity index is 662. The van der Waals surface area contributed by atoms with Gasteiger partial charge in [-0.3, -0.25) is 4.79 Å². The second kappa shape index (κ2) is 9.73. The molecular weight excluding hydrogens is 385 g/mol. The van der Waals surface area contributed by atoms with E-state index in [0.717, 1.165) is 30.2 Å². The normalized spacial score (nSPS) is 17.4. The first kappa shape index (κ1) is 22.2. The van der Waals surface area contributed by atoms with E-state index in [2.05, 4.69) is 5.32 Å². The third-order valence-corrected chi connectivity index (χ3v) is 6.21. The summed E-state index contributed by atoms with van der Waals surface area (Å²) in [4.78, 5) is 14.6. The molecule has 0 aromatic heterocycles. The number of carbonyl (C=O) groups excluding carboxylic acids is 1. The number of nitrogens with one attached hydrogen (secondary N) is 1. The zero-order chi connectivity index (χ0) is 17.7. The van der Waals surface area contributed by atoms with Crippen LogP contribution in [0.25, 0.3) is 0 Å². The number of nitrogens with zero attached hydrogens (tertiary/aromatic N) is 2. The molecule has 1 unspecified atom stereocenters. The fourth-order valence-electron chi connectivity index (χ4n) is 2.81. The number of likely N-dealkylation sites (N-methyl/N-ethyl adjacent to an activating group) is 1. The fraction of sp³-hybridized carbons (Fsp3) is 0.562. The van der Waals surface area contributed by atoms with Crippen LogP contribution in [0, 0.1) is 0 Å². The van der Waals surface area contributed by atoms with Crippen molar-refractivity contribution in [2.45, 2.75) is 30.7 Å². The van der Waals surface area contributed by atoms with Crippen LogP contribution >= 0.6 is 24.0 Å². The van der Waals surface area contributed by atoms with E-state index in [-0.39, 0.29) is 35.8 Å². The lowest BCUT2D eigenvalue weighted by Crippen LogP contribution is -2.47. The minimum absolute atomic E-state index is 0. The smallest absolute Gasteiger partial charge is 0.243 e. The molecule has 1 aliphatic heterocycles. The summed E-state index contributed by atoms with van der Waals surface area (Å²) < 4.78 is 26.3. The average molecular weight is 410 g/mol. The monoisotopic (exact) mass is 409 g/mol. The van der Waals surface area contributed by atoms with Crippen molar-refractivity contribution in [1.82, 2.24) is 14.5 Å². The Hall–Kier alpha value is -0.860. The van der Waals surface area contributed by atoms with E-state index in [1.165, 1.54) is 31.3 Å². The van der Waals surface area contributed by atoms with Gasteiger partial charge in [-0.1, -0.05) is 18.5 Å². The van der Waals surface area contributed by atoms with Gasteiger partial charge in [-0.25, -0.2) is 8.42 Å². The Morgan fingerprint density at radius 2 is 1.96 bits per heavy atom. The molecule has 1 atom stereocenters. The van der Waals surface area contributed by atoms with Gasteiger partial charge >= 0.3 is 0 Å². The molecule has 6 nitrogen and oxygen atoms in total. The SMILES string of the molecule is CCCN(C(=O)CN(C)S(=O)(=O)c1ccc(Cl)cc1)C1CCNC1.Cl. The summed E-state index contributed by atoms with van der Waals surface area (Å²) in [6.45, 7) is 4.13. The van der Waals surface area contributed by atoms with E-state index in [1.54, 1.807) is 4.90 Å². The summed E-state index contributed by atoms with van der Waals surface area (Å²) in [6, 6.07) is 6.09. The number of sulfonamides is 1. The second-order valence-electron chi connectivity index (χ2n) is 5.95. The summed E-state index contributed by atoms with van der Waals surface area (Å²) in [6.07, 6.45) is 1.75. The van der Waals surface area contributed by atoms with E-state index >= 15 is 0 Å². The molecular formula is C16H25Cl2N3O3S. The first-order valence-corrected chi connectivity index (χ1v) is 9.90. The molecule has 1 aliphatic rings. The topological polar surface area (TPSA) is 69.7 Å². The lowest BCUT2D eigenvalue weighted by molar-refractivity contribution is -0.133. The summed E-state index contributed by atoms with van der Waals surface area (Å²) in [5, 5.41) is 3.71. The number of halogens is 2. The summed E-state index contributed by atoms with van der Waals surface area (Å²) >= 11 is 5.80. The van der Waals surface area contributed by atoms with Gasteiger partial charge < -0.3 is 10.2 Å². The molecule has 0 aliphatic carbocycles. The summed E-state index contributed by atoms with van der Waals surface area (Å²) in [5.41, 5.74) is 0. The zero-order valence-corrected chi connectivity index (χ0v) is 16.8. The van der Waals surface area contributed by atoms with Crippen molar-refractivity contribution in [2.24, 2.45) is 0 Å². The lowest BCUT2D eigenvalue weighted by Gasteiger charge is -2.30. The largest absolute Gasteiger partial charge is 0.337 e. The van der Waals surface area contributed by atoms with Crippen molar-refractivity contribution >= 4 is 39.9 Å². The van der Waals surface area contributed by atoms with Crippen LogP contribution in [0.2, 0.25) is 5.02 Å². The zero-order valence-electron chi connectivity index (χ0n) is 14.4. The molecule has 1 saturated heterocycles. The minimum atomic E-state index is -3.71. The molecule has 0 spiro atoms. The molecule has 1 heterocycles. The van der Waals surface area contributed by atoms with E-state index in [0.29, 0.717) is 11.6 Å². The van der Waals surface area contributed by atoms with Crippen LogP contribution in [0.1, 0.15) is 19.8 Å². The average Bonchev–Trinajstić information content (AvgIpc) is 3.06.